The summed E-state index contributed by atoms with van der Waals surface area (Å²) < 4.78 is 11.6. The van der Waals surface area contributed by atoms with Gasteiger partial charge in [-0.1, -0.05) is 12.1 Å². The molecule has 34 heavy (non-hydrogen) atoms. The molecule has 1 aromatic heterocycles. The van der Waals surface area contributed by atoms with Gasteiger partial charge in [0, 0.05) is 36.8 Å². The summed E-state index contributed by atoms with van der Waals surface area (Å²) in [7, 11) is 1.80. The quantitative estimate of drug-likeness (QED) is 0.525. The Morgan fingerprint density at radius 2 is 2.21 bits per heavy atom. The van der Waals surface area contributed by atoms with Crippen LogP contribution in [-0.4, -0.2) is 69.8 Å². The summed E-state index contributed by atoms with van der Waals surface area (Å²) in [4.78, 5) is 17.2. The molecule has 6 rings (SSSR count). The molecular formula is C27H30N2O5. The van der Waals surface area contributed by atoms with E-state index in [-0.39, 0.29) is 23.7 Å². The zero-order valence-electron chi connectivity index (χ0n) is 19.3. The molecule has 3 heterocycles. The lowest BCUT2D eigenvalue weighted by molar-refractivity contribution is -0.198. The van der Waals surface area contributed by atoms with Crippen LogP contribution < -0.4 is 4.74 Å². The van der Waals surface area contributed by atoms with Crippen molar-refractivity contribution in [2.75, 3.05) is 20.1 Å². The molecule has 2 aliphatic heterocycles. The Morgan fingerprint density at radius 3 is 2.97 bits per heavy atom. The molecule has 0 unspecified atom stereocenters. The number of furan rings is 1. The number of likely N-dealkylation sites (N-methyl/N-ethyl adjacent to an activating group) is 1. The molecule has 0 radical (unpaired) electrons. The zero-order chi connectivity index (χ0) is 23.7. The highest BCUT2D eigenvalue weighted by Crippen LogP contribution is 2.65. The molecule has 7 nitrogen and oxygen atoms in total. The maximum absolute atomic E-state index is 13.1. The second-order valence-corrected chi connectivity index (χ2v) is 10.1. The van der Waals surface area contributed by atoms with E-state index < -0.39 is 17.1 Å². The maximum Gasteiger partial charge on any atom is 0.246 e. The molecule has 4 aliphatic rings. The van der Waals surface area contributed by atoms with E-state index in [1.54, 1.807) is 48.8 Å². The number of amides is 1. The SMILES string of the molecule is C=CCN1CC[C@]23c4c5ccc(O)c4O[C@H]2[C@H](N(C)C(=O)/C=C\c2ccoc2)CC[C@@]3(O)[C@H]1C5. The fourth-order valence-electron chi connectivity index (χ4n) is 7.20. The molecule has 178 valence electrons. The second-order valence-electron chi connectivity index (χ2n) is 10.1. The minimum atomic E-state index is -1.00. The van der Waals surface area contributed by atoms with E-state index in [2.05, 4.69) is 11.5 Å². The smallest absolute Gasteiger partial charge is 0.246 e. The van der Waals surface area contributed by atoms with Crippen LogP contribution in [0.1, 0.15) is 36.0 Å². The summed E-state index contributed by atoms with van der Waals surface area (Å²) in [5.74, 6) is 0.455. The number of rotatable bonds is 5. The highest BCUT2D eigenvalue weighted by atomic mass is 16.5. The van der Waals surface area contributed by atoms with Crippen LogP contribution in [0.2, 0.25) is 0 Å². The van der Waals surface area contributed by atoms with Crippen molar-refractivity contribution in [3.05, 3.63) is 66.1 Å². The monoisotopic (exact) mass is 462 g/mol. The van der Waals surface area contributed by atoms with Crippen molar-refractivity contribution in [3.63, 3.8) is 0 Å². The predicted octanol–water partition coefficient (Wildman–Crippen LogP) is 2.87. The Bertz CT molecular complexity index is 1170. The zero-order valence-corrected chi connectivity index (χ0v) is 19.3. The molecule has 2 aliphatic carbocycles. The molecule has 1 spiro atoms. The Kier molecular flexibility index (Phi) is 4.73. The summed E-state index contributed by atoms with van der Waals surface area (Å²) in [5, 5.41) is 23.1. The summed E-state index contributed by atoms with van der Waals surface area (Å²) in [6, 6.07) is 5.17. The van der Waals surface area contributed by atoms with Gasteiger partial charge in [-0.25, -0.2) is 0 Å². The summed E-state index contributed by atoms with van der Waals surface area (Å²) >= 11 is 0. The van der Waals surface area contributed by atoms with E-state index in [9.17, 15) is 15.0 Å². The van der Waals surface area contributed by atoms with Gasteiger partial charge in [-0.05, 0) is 56.0 Å². The fraction of sp³-hybridized carbons (Fsp3) is 0.444. The van der Waals surface area contributed by atoms with Crippen LogP contribution in [0.25, 0.3) is 6.08 Å². The fourth-order valence-corrected chi connectivity index (χ4v) is 7.20. The van der Waals surface area contributed by atoms with Crippen LogP contribution in [0.5, 0.6) is 11.5 Å². The molecule has 2 bridgehead atoms. The van der Waals surface area contributed by atoms with Gasteiger partial charge in [-0.15, -0.1) is 6.58 Å². The molecule has 2 fully saturated rings. The summed E-state index contributed by atoms with van der Waals surface area (Å²) in [6.07, 6.45) is 10.5. The molecule has 1 saturated heterocycles. The van der Waals surface area contributed by atoms with Gasteiger partial charge in [0.2, 0.25) is 5.91 Å². The van der Waals surface area contributed by atoms with Crippen LogP contribution in [0.15, 0.2) is 53.9 Å². The third kappa shape index (κ3) is 2.68. The number of aromatic hydroxyl groups is 1. The number of benzene rings is 1. The largest absolute Gasteiger partial charge is 0.504 e. The van der Waals surface area contributed by atoms with Gasteiger partial charge in [-0.2, -0.15) is 0 Å². The number of nitrogens with zero attached hydrogens (tertiary/aromatic N) is 2. The van der Waals surface area contributed by atoms with E-state index in [0.29, 0.717) is 31.4 Å². The molecule has 5 atom stereocenters. The highest BCUT2D eigenvalue weighted by molar-refractivity contribution is 5.91. The standard InChI is InChI=1S/C27H30N2O5/c1-3-12-29-13-11-26-23-18-5-6-20(30)24(23)34-25(26)19(8-10-27(26,32)21(29)15-18)28(2)22(31)7-4-17-9-14-33-16-17/h3-7,9,14,16,19,21,25,30,32H,1,8,10-13,15H2,2H3/b7-4-/t19-,21-,25+,26+,27-/m1/s1. The van der Waals surface area contributed by atoms with Crippen molar-refractivity contribution >= 4 is 12.0 Å². The summed E-state index contributed by atoms with van der Waals surface area (Å²) in [6.45, 7) is 5.44. The van der Waals surface area contributed by atoms with Crippen molar-refractivity contribution in [1.82, 2.24) is 9.80 Å². The molecule has 1 amide bonds. The summed E-state index contributed by atoms with van der Waals surface area (Å²) in [5.41, 5.74) is 1.23. The van der Waals surface area contributed by atoms with Crippen molar-refractivity contribution in [3.8, 4) is 11.5 Å². The van der Waals surface area contributed by atoms with Crippen LogP contribution >= 0.6 is 0 Å². The number of phenolic OH excluding ortho intramolecular Hbond substituents is 1. The second kappa shape index (κ2) is 7.48. The first-order valence-corrected chi connectivity index (χ1v) is 12.0. The number of ether oxygens (including phenoxy) is 1. The van der Waals surface area contributed by atoms with E-state index >= 15 is 0 Å². The number of phenols is 1. The Hall–Kier alpha value is -3.03. The van der Waals surface area contributed by atoms with Gasteiger partial charge in [-0.3, -0.25) is 9.69 Å². The number of piperidine rings is 1. The van der Waals surface area contributed by atoms with Crippen LogP contribution in [0.4, 0.5) is 0 Å². The average Bonchev–Trinajstić information content (AvgIpc) is 3.46. The Morgan fingerprint density at radius 1 is 1.35 bits per heavy atom. The number of carbonyl (C=O) groups excluding carboxylic acids is 1. The topological polar surface area (TPSA) is 86.4 Å². The molecule has 7 heteroatoms. The van der Waals surface area contributed by atoms with Gasteiger partial charge in [0.05, 0.1) is 29.6 Å². The number of hydrogen-bond donors (Lipinski definition) is 2. The van der Waals surface area contributed by atoms with Gasteiger partial charge >= 0.3 is 0 Å². The number of carbonyl (C=O) groups is 1. The highest BCUT2D eigenvalue weighted by Gasteiger charge is 2.73. The Labute approximate surface area is 198 Å². The average molecular weight is 463 g/mol. The normalized spacial score (nSPS) is 33.4. The lowest BCUT2D eigenvalue weighted by Crippen LogP contribution is -2.78. The first-order chi connectivity index (χ1) is 16.4. The minimum absolute atomic E-state index is 0.0590. The van der Waals surface area contributed by atoms with Crippen molar-refractivity contribution in [2.24, 2.45) is 0 Å². The van der Waals surface area contributed by atoms with Gasteiger partial charge in [0.25, 0.3) is 0 Å². The van der Waals surface area contributed by atoms with Crippen molar-refractivity contribution in [2.45, 2.75) is 54.9 Å². The van der Waals surface area contributed by atoms with Crippen LogP contribution in [-0.2, 0) is 16.6 Å². The Balaban J connectivity index is 1.41. The first kappa shape index (κ1) is 21.5. The molecule has 2 N–H and O–H groups in total. The van der Waals surface area contributed by atoms with Gasteiger partial charge in [0.1, 0.15) is 6.10 Å². The number of likely N-dealkylation sites (tertiary alicyclic amines) is 1. The van der Waals surface area contributed by atoms with Crippen molar-refractivity contribution < 1.29 is 24.2 Å². The first-order valence-electron chi connectivity index (χ1n) is 12.0. The molecular weight excluding hydrogens is 432 g/mol. The number of hydrogen-bond acceptors (Lipinski definition) is 6. The van der Waals surface area contributed by atoms with Gasteiger partial charge < -0.3 is 24.3 Å². The lowest BCUT2D eigenvalue weighted by atomic mass is 9.48. The lowest BCUT2D eigenvalue weighted by Gasteiger charge is -2.64. The third-order valence-electron chi connectivity index (χ3n) is 8.71. The van der Waals surface area contributed by atoms with Crippen LogP contribution in [0.3, 0.4) is 0 Å². The predicted molar refractivity (Wildman–Crippen MR) is 127 cm³/mol. The minimum Gasteiger partial charge on any atom is -0.504 e. The van der Waals surface area contributed by atoms with E-state index in [0.717, 1.165) is 29.8 Å². The third-order valence-corrected chi connectivity index (χ3v) is 8.71. The van der Waals surface area contributed by atoms with E-state index in [1.165, 1.54) is 0 Å². The molecule has 2 aromatic rings. The van der Waals surface area contributed by atoms with Gasteiger partial charge in [0.15, 0.2) is 11.5 Å². The molecule has 1 aromatic carbocycles. The van der Waals surface area contributed by atoms with Crippen molar-refractivity contribution in [1.29, 1.82) is 0 Å². The number of aliphatic hydroxyl groups is 1. The van der Waals surface area contributed by atoms with E-state index in [1.807, 2.05) is 12.1 Å². The van der Waals surface area contributed by atoms with E-state index in [4.69, 9.17) is 9.15 Å². The maximum atomic E-state index is 13.1. The van der Waals surface area contributed by atoms with Crippen LogP contribution in [0, 0.1) is 0 Å². The molecule has 1 saturated carbocycles.